The maximum atomic E-state index is 10.0. The Labute approximate surface area is 104 Å². The molecule has 5 heteroatoms. The van der Waals surface area contributed by atoms with Crippen LogP contribution in [0.1, 0.15) is 22.5 Å². The van der Waals surface area contributed by atoms with E-state index < -0.39 is 6.10 Å². The molecule has 1 atom stereocenters. The van der Waals surface area contributed by atoms with Crippen LogP contribution in [0.25, 0.3) is 0 Å². The van der Waals surface area contributed by atoms with Crippen molar-refractivity contribution >= 4 is 11.3 Å². The van der Waals surface area contributed by atoms with Crippen LogP contribution in [0.15, 0.2) is 23.6 Å². The standard InChI is InChI=1S/C12H14N2O2S/c1-8-13-9(7-17-8)6-11(15)10-4-3-5-12(14-10)16-2/h3-5,7,11,15H,6H2,1-2H3. The number of hydrogen-bond acceptors (Lipinski definition) is 5. The number of pyridine rings is 1. The Kier molecular flexibility index (Phi) is 3.71. The largest absolute Gasteiger partial charge is 0.481 e. The lowest BCUT2D eigenvalue weighted by Crippen LogP contribution is -2.05. The van der Waals surface area contributed by atoms with Crippen LogP contribution < -0.4 is 4.74 Å². The zero-order valence-corrected chi connectivity index (χ0v) is 10.6. The lowest BCUT2D eigenvalue weighted by molar-refractivity contribution is 0.171. The van der Waals surface area contributed by atoms with E-state index in [1.807, 2.05) is 18.4 Å². The van der Waals surface area contributed by atoms with Gasteiger partial charge in [-0.1, -0.05) is 6.07 Å². The molecule has 0 amide bonds. The third kappa shape index (κ3) is 3.01. The predicted molar refractivity (Wildman–Crippen MR) is 66.3 cm³/mol. The SMILES string of the molecule is COc1cccc(C(O)Cc2csc(C)n2)n1. The van der Waals surface area contributed by atoms with Gasteiger partial charge in [-0.25, -0.2) is 9.97 Å². The normalized spacial score (nSPS) is 12.4. The van der Waals surface area contributed by atoms with Crippen molar-refractivity contribution in [3.63, 3.8) is 0 Å². The first-order valence-corrected chi connectivity index (χ1v) is 6.17. The van der Waals surface area contributed by atoms with Gasteiger partial charge in [-0.2, -0.15) is 0 Å². The van der Waals surface area contributed by atoms with Gasteiger partial charge in [-0.3, -0.25) is 0 Å². The first-order valence-electron chi connectivity index (χ1n) is 5.29. The second kappa shape index (κ2) is 5.25. The highest BCUT2D eigenvalue weighted by Gasteiger charge is 2.12. The summed E-state index contributed by atoms with van der Waals surface area (Å²) in [5.41, 5.74) is 1.50. The lowest BCUT2D eigenvalue weighted by atomic mass is 10.1. The lowest BCUT2D eigenvalue weighted by Gasteiger charge is -2.09. The number of aliphatic hydroxyl groups excluding tert-OH is 1. The molecule has 2 aromatic rings. The minimum absolute atomic E-state index is 0.477. The summed E-state index contributed by atoms with van der Waals surface area (Å²) < 4.78 is 5.02. The molecule has 2 rings (SSSR count). The Balaban J connectivity index is 2.11. The Bertz CT molecular complexity index is 499. The second-order valence-electron chi connectivity index (χ2n) is 3.68. The van der Waals surface area contributed by atoms with Crippen molar-refractivity contribution in [2.24, 2.45) is 0 Å². The van der Waals surface area contributed by atoms with Crippen molar-refractivity contribution in [3.8, 4) is 5.88 Å². The average Bonchev–Trinajstić information content (AvgIpc) is 2.75. The van der Waals surface area contributed by atoms with Crippen LogP contribution >= 0.6 is 11.3 Å². The second-order valence-corrected chi connectivity index (χ2v) is 4.74. The molecule has 0 aliphatic heterocycles. The van der Waals surface area contributed by atoms with E-state index in [0.717, 1.165) is 10.7 Å². The van der Waals surface area contributed by atoms with E-state index in [0.29, 0.717) is 18.0 Å². The minimum Gasteiger partial charge on any atom is -0.481 e. The summed E-state index contributed by atoms with van der Waals surface area (Å²) in [5.74, 6) is 0.510. The third-order valence-corrected chi connectivity index (χ3v) is 3.19. The molecule has 0 saturated heterocycles. The molecule has 0 aliphatic carbocycles. The number of rotatable bonds is 4. The first kappa shape index (κ1) is 12.0. The van der Waals surface area contributed by atoms with E-state index >= 15 is 0 Å². The quantitative estimate of drug-likeness (QED) is 0.903. The summed E-state index contributed by atoms with van der Waals surface area (Å²) in [5, 5.41) is 13.0. The molecule has 0 aliphatic rings. The Morgan fingerprint density at radius 3 is 2.88 bits per heavy atom. The summed E-state index contributed by atoms with van der Waals surface area (Å²) >= 11 is 1.58. The molecule has 2 heterocycles. The Hall–Kier alpha value is -1.46. The van der Waals surface area contributed by atoms with Gasteiger partial charge in [0.15, 0.2) is 0 Å². The van der Waals surface area contributed by atoms with Gasteiger partial charge in [-0.05, 0) is 13.0 Å². The smallest absolute Gasteiger partial charge is 0.213 e. The van der Waals surface area contributed by atoms with Gasteiger partial charge in [0, 0.05) is 17.9 Å². The molecule has 4 nitrogen and oxygen atoms in total. The molecule has 2 aromatic heterocycles. The van der Waals surface area contributed by atoms with Crippen LogP contribution in [0.4, 0.5) is 0 Å². The molecule has 0 bridgehead atoms. The van der Waals surface area contributed by atoms with Gasteiger partial charge in [0.25, 0.3) is 0 Å². The highest BCUT2D eigenvalue weighted by atomic mass is 32.1. The van der Waals surface area contributed by atoms with Gasteiger partial charge < -0.3 is 9.84 Å². The monoisotopic (exact) mass is 250 g/mol. The van der Waals surface area contributed by atoms with Crippen molar-refractivity contribution in [2.45, 2.75) is 19.4 Å². The maximum absolute atomic E-state index is 10.0. The number of hydrogen-bond donors (Lipinski definition) is 1. The molecular formula is C12H14N2O2S. The fourth-order valence-corrected chi connectivity index (χ4v) is 2.16. The molecule has 1 N–H and O–H groups in total. The summed E-state index contributed by atoms with van der Waals surface area (Å²) in [7, 11) is 1.56. The summed E-state index contributed by atoms with van der Waals surface area (Å²) in [6.07, 6.45) is -0.170. The van der Waals surface area contributed by atoms with Crippen LogP contribution in [-0.4, -0.2) is 22.2 Å². The zero-order chi connectivity index (χ0) is 12.3. The molecule has 90 valence electrons. The topological polar surface area (TPSA) is 55.2 Å². The Morgan fingerprint density at radius 1 is 1.41 bits per heavy atom. The highest BCUT2D eigenvalue weighted by molar-refractivity contribution is 7.09. The fourth-order valence-electron chi connectivity index (χ4n) is 1.53. The molecule has 0 saturated carbocycles. The van der Waals surface area contributed by atoms with Gasteiger partial charge in [0.05, 0.1) is 23.5 Å². The van der Waals surface area contributed by atoms with Crippen LogP contribution in [-0.2, 0) is 6.42 Å². The molecule has 17 heavy (non-hydrogen) atoms. The average molecular weight is 250 g/mol. The van der Waals surface area contributed by atoms with Crippen molar-refractivity contribution in [3.05, 3.63) is 40.0 Å². The number of nitrogens with zero attached hydrogens (tertiary/aromatic N) is 2. The van der Waals surface area contributed by atoms with Crippen molar-refractivity contribution in [1.82, 2.24) is 9.97 Å². The van der Waals surface area contributed by atoms with Crippen LogP contribution in [0, 0.1) is 6.92 Å². The molecule has 1 unspecified atom stereocenters. The highest BCUT2D eigenvalue weighted by Crippen LogP contribution is 2.19. The molecule has 0 spiro atoms. The Morgan fingerprint density at radius 2 is 2.24 bits per heavy atom. The maximum Gasteiger partial charge on any atom is 0.213 e. The summed E-state index contributed by atoms with van der Waals surface area (Å²) in [6.45, 7) is 1.95. The van der Waals surface area contributed by atoms with Crippen molar-refractivity contribution < 1.29 is 9.84 Å². The van der Waals surface area contributed by atoms with Crippen LogP contribution in [0.2, 0.25) is 0 Å². The molecule has 0 fully saturated rings. The van der Waals surface area contributed by atoms with E-state index in [-0.39, 0.29) is 0 Å². The minimum atomic E-state index is -0.647. The number of aryl methyl sites for hydroxylation is 1. The zero-order valence-electron chi connectivity index (χ0n) is 9.75. The fraction of sp³-hybridized carbons (Fsp3) is 0.333. The molecule has 0 aromatic carbocycles. The predicted octanol–water partition coefficient (Wildman–Crippen LogP) is 2.13. The summed E-state index contributed by atoms with van der Waals surface area (Å²) in [6, 6.07) is 5.35. The van der Waals surface area contributed by atoms with Gasteiger partial charge in [-0.15, -0.1) is 11.3 Å². The number of ether oxygens (including phenoxy) is 1. The number of aromatic nitrogens is 2. The van der Waals surface area contributed by atoms with Crippen LogP contribution in [0.5, 0.6) is 5.88 Å². The van der Waals surface area contributed by atoms with Gasteiger partial charge >= 0.3 is 0 Å². The molecule has 0 radical (unpaired) electrons. The third-order valence-electron chi connectivity index (χ3n) is 2.36. The number of aliphatic hydroxyl groups is 1. The first-order chi connectivity index (χ1) is 8.19. The molecular weight excluding hydrogens is 236 g/mol. The van der Waals surface area contributed by atoms with Crippen molar-refractivity contribution in [2.75, 3.05) is 7.11 Å². The van der Waals surface area contributed by atoms with Gasteiger partial charge in [0.1, 0.15) is 6.10 Å². The van der Waals surface area contributed by atoms with Gasteiger partial charge in [0.2, 0.25) is 5.88 Å². The van der Waals surface area contributed by atoms with E-state index in [2.05, 4.69) is 9.97 Å². The number of methoxy groups -OCH3 is 1. The van der Waals surface area contributed by atoms with E-state index in [1.165, 1.54) is 0 Å². The number of thiazole rings is 1. The van der Waals surface area contributed by atoms with E-state index in [1.54, 1.807) is 30.6 Å². The van der Waals surface area contributed by atoms with E-state index in [4.69, 9.17) is 4.74 Å². The van der Waals surface area contributed by atoms with E-state index in [9.17, 15) is 5.11 Å². The summed E-state index contributed by atoms with van der Waals surface area (Å²) in [4.78, 5) is 8.52. The van der Waals surface area contributed by atoms with Crippen LogP contribution in [0.3, 0.4) is 0 Å². The van der Waals surface area contributed by atoms with Crippen molar-refractivity contribution in [1.29, 1.82) is 0 Å².